The van der Waals surface area contributed by atoms with Gasteiger partial charge in [-0.1, -0.05) is 0 Å². The Labute approximate surface area is 253 Å². The molecular formula is C40H33O2P. The van der Waals surface area contributed by atoms with Gasteiger partial charge in [-0.3, -0.25) is 0 Å². The number of carbonyl (C=O) groups is 1. The van der Waals surface area contributed by atoms with Crippen LogP contribution in [0.15, 0.2) is 182 Å². The summed E-state index contributed by atoms with van der Waals surface area (Å²) >= 11 is 0. The molecule has 3 heteroatoms. The maximum absolute atomic E-state index is 15.1. The van der Waals surface area contributed by atoms with E-state index in [1.807, 2.05) is 54.6 Å². The third-order valence-corrected chi connectivity index (χ3v) is 15.3. The molecule has 0 radical (unpaired) electrons. The predicted octanol–water partition coefficient (Wildman–Crippen LogP) is 8.44. The second-order valence-corrected chi connectivity index (χ2v) is 15.7. The first kappa shape index (κ1) is 27.2. The van der Waals surface area contributed by atoms with E-state index in [1.165, 1.54) is 0 Å². The molecule has 1 aliphatic heterocycles. The Morgan fingerprint density at radius 3 is 1.21 bits per heavy atom. The van der Waals surface area contributed by atoms with Gasteiger partial charge in [0.15, 0.2) is 0 Å². The quantitative estimate of drug-likeness (QED) is 0.141. The van der Waals surface area contributed by atoms with E-state index in [2.05, 4.69) is 127 Å². The summed E-state index contributed by atoms with van der Waals surface area (Å²) in [5.41, 5.74) is 2.51. The summed E-state index contributed by atoms with van der Waals surface area (Å²) in [6.07, 6.45) is -0.489. The van der Waals surface area contributed by atoms with E-state index in [9.17, 15) is 0 Å². The molecule has 0 unspecified atom stereocenters. The summed E-state index contributed by atoms with van der Waals surface area (Å²) in [6, 6.07) is 62.7. The molecule has 7 rings (SSSR count). The second kappa shape index (κ2) is 11.2. The number of rotatable bonds is 7. The molecule has 3 atom stereocenters. The SMILES string of the molecule is O=C(c1ccccc1)[C@@H]1[C@H](c2ccccc2)OP(c2ccccc2)(c2ccccc2)(c2ccccc2)[C@H]1c1ccccc1. The number of ketones is 1. The number of Topliss-reactive ketones (excluding diaryl/α,β-unsaturated/α-hetero) is 1. The molecule has 6 aromatic rings. The van der Waals surface area contributed by atoms with Gasteiger partial charge in [-0.2, -0.15) is 0 Å². The number of carbonyl (C=O) groups excluding carboxylic acids is 1. The number of hydrogen-bond acceptors (Lipinski definition) is 2. The molecule has 1 fully saturated rings. The molecule has 0 spiro atoms. The van der Waals surface area contributed by atoms with Crippen molar-refractivity contribution >= 4 is 28.5 Å². The Hall–Kier alpha value is -4.62. The molecule has 2 nitrogen and oxygen atoms in total. The van der Waals surface area contributed by atoms with Crippen molar-refractivity contribution in [1.29, 1.82) is 0 Å². The molecule has 1 saturated heterocycles. The van der Waals surface area contributed by atoms with Crippen LogP contribution < -0.4 is 15.9 Å². The van der Waals surface area contributed by atoms with Crippen LogP contribution in [0.4, 0.5) is 0 Å². The van der Waals surface area contributed by atoms with Crippen LogP contribution in [0.25, 0.3) is 0 Å². The zero-order chi connectivity index (χ0) is 29.1. The van der Waals surface area contributed by atoms with Crippen LogP contribution in [0.2, 0.25) is 0 Å². The Morgan fingerprint density at radius 2 is 0.791 bits per heavy atom. The van der Waals surface area contributed by atoms with Crippen molar-refractivity contribution in [1.82, 2.24) is 0 Å². The zero-order valence-corrected chi connectivity index (χ0v) is 24.7. The van der Waals surface area contributed by atoms with E-state index >= 15 is 4.79 Å². The molecule has 0 N–H and O–H groups in total. The monoisotopic (exact) mass is 576 g/mol. The maximum atomic E-state index is 15.1. The topological polar surface area (TPSA) is 26.3 Å². The van der Waals surface area contributed by atoms with Gasteiger partial charge < -0.3 is 0 Å². The molecule has 43 heavy (non-hydrogen) atoms. The van der Waals surface area contributed by atoms with Crippen LogP contribution in [0, 0.1) is 5.92 Å². The first-order valence-corrected chi connectivity index (χ1v) is 17.0. The van der Waals surface area contributed by atoms with Gasteiger partial charge in [0.1, 0.15) is 0 Å². The first-order chi connectivity index (χ1) is 21.2. The van der Waals surface area contributed by atoms with Gasteiger partial charge >= 0.3 is 254 Å². The van der Waals surface area contributed by atoms with Gasteiger partial charge in [0, 0.05) is 0 Å². The van der Waals surface area contributed by atoms with Gasteiger partial charge in [-0.15, -0.1) is 0 Å². The molecule has 210 valence electrons. The van der Waals surface area contributed by atoms with E-state index < -0.39 is 18.9 Å². The molecule has 0 amide bonds. The Balaban J connectivity index is 1.69. The normalized spacial score (nSPS) is 21.3. The fraction of sp³-hybridized carbons (Fsp3) is 0.0750. The Kier molecular flexibility index (Phi) is 7.11. The van der Waals surface area contributed by atoms with Crippen molar-refractivity contribution in [2.24, 2.45) is 5.92 Å². The fourth-order valence-electron chi connectivity index (χ4n) is 7.25. The number of benzene rings is 6. The second-order valence-electron chi connectivity index (χ2n) is 11.2. The summed E-state index contributed by atoms with van der Waals surface area (Å²) < 4.78 is 8.01. The minimum absolute atomic E-state index is 0.0950. The first-order valence-electron chi connectivity index (χ1n) is 14.8. The molecular weight excluding hydrogens is 543 g/mol. The summed E-state index contributed by atoms with van der Waals surface area (Å²) in [6.45, 7) is -3.95. The van der Waals surface area contributed by atoms with Crippen molar-refractivity contribution in [3.63, 3.8) is 0 Å². The molecule has 6 aromatic carbocycles. The Bertz CT molecular complexity index is 1710. The van der Waals surface area contributed by atoms with Crippen LogP contribution in [0.5, 0.6) is 0 Å². The van der Waals surface area contributed by atoms with Crippen LogP contribution in [0.1, 0.15) is 33.2 Å². The fourth-order valence-corrected chi connectivity index (χ4v) is 14.3. The van der Waals surface area contributed by atoms with Crippen molar-refractivity contribution in [2.45, 2.75) is 11.8 Å². The summed E-state index contributed by atoms with van der Waals surface area (Å²) in [5, 5.41) is 3.34. The Morgan fingerprint density at radius 1 is 0.442 bits per heavy atom. The van der Waals surface area contributed by atoms with Crippen LogP contribution in [-0.2, 0) is 4.52 Å². The zero-order valence-electron chi connectivity index (χ0n) is 23.8. The van der Waals surface area contributed by atoms with E-state index in [1.54, 1.807) is 0 Å². The summed E-state index contributed by atoms with van der Waals surface area (Å²) in [5.74, 6) is -0.400. The molecule has 0 aromatic heterocycles. The number of hydrogen-bond donors (Lipinski definition) is 0. The van der Waals surface area contributed by atoms with Crippen molar-refractivity contribution in [3.05, 3.63) is 199 Å². The minimum atomic E-state index is -3.95. The van der Waals surface area contributed by atoms with Gasteiger partial charge in [-0.25, -0.2) is 0 Å². The van der Waals surface area contributed by atoms with Gasteiger partial charge in [0.05, 0.1) is 0 Å². The van der Waals surface area contributed by atoms with Gasteiger partial charge in [0.2, 0.25) is 0 Å². The van der Waals surface area contributed by atoms with Crippen LogP contribution in [-0.4, -0.2) is 5.78 Å². The third kappa shape index (κ3) is 4.21. The van der Waals surface area contributed by atoms with Crippen molar-refractivity contribution < 1.29 is 9.32 Å². The van der Waals surface area contributed by atoms with Crippen LogP contribution >= 0.6 is 6.83 Å². The average molecular weight is 577 g/mol. The standard InChI is InChI=1S/C40H33O2P/c41-38(31-19-7-1-8-20-31)37-39(32-21-9-2-10-22-32)42-43(34-25-13-4-14-26-34,35-27-15-5-16-28-35,36-29-17-6-18-30-36)40(37)33-23-11-3-12-24-33/h1-30,37,39-40H/t37-,39+,40+/m1/s1. The third-order valence-electron chi connectivity index (χ3n) is 8.97. The summed E-state index contributed by atoms with van der Waals surface area (Å²) in [4.78, 5) is 15.1. The van der Waals surface area contributed by atoms with Gasteiger partial charge in [-0.05, 0) is 0 Å². The molecule has 1 heterocycles. The van der Waals surface area contributed by atoms with Crippen LogP contribution in [0.3, 0.4) is 0 Å². The van der Waals surface area contributed by atoms with E-state index in [0.29, 0.717) is 5.56 Å². The van der Waals surface area contributed by atoms with E-state index in [-0.39, 0.29) is 11.4 Å². The molecule has 1 aliphatic rings. The summed E-state index contributed by atoms with van der Waals surface area (Å²) in [7, 11) is 0. The van der Waals surface area contributed by atoms with Crippen molar-refractivity contribution in [3.8, 4) is 0 Å². The molecule has 0 aliphatic carbocycles. The predicted molar refractivity (Wildman–Crippen MR) is 179 cm³/mol. The van der Waals surface area contributed by atoms with E-state index in [4.69, 9.17) is 4.52 Å². The van der Waals surface area contributed by atoms with Crippen molar-refractivity contribution in [2.75, 3.05) is 0 Å². The molecule has 0 bridgehead atoms. The van der Waals surface area contributed by atoms with E-state index in [0.717, 1.165) is 27.0 Å². The molecule has 0 saturated carbocycles. The average Bonchev–Trinajstić information content (AvgIpc) is 3.45. The van der Waals surface area contributed by atoms with Gasteiger partial charge in [0.25, 0.3) is 0 Å².